The van der Waals surface area contributed by atoms with Gasteiger partial charge in [0.15, 0.2) is 0 Å². The first-order valence-corrected chi connectivity index (χ1v) is 8.19. The molecule has 3 fully saturated rings. The fraction of sp³-hybridized carbons (Fsp3) is 0.938. The number of nitrogens with one attached hydrogen (secondary N) is 1. The number of rotatable bonds is 2. The molecule has 4 nitrogen and oxygen atoms in total. The maximum Gasteiger partial charge on any atom is 0.241 e. The molecule has 1 amide bonds. The zero-order valence-electron chi connectivity index (χ0n) is 12.8. The van der Waals surface area contributed by atoms with E-state index in [9.17, 15) is 4.79 Å². The van der Waals surface area contributed by atoms with E-state index < -0.39 is 5.54 Å². The Bertz CT molecular complexity index is 388. The summed E-state index contributed by atoms with van der Waals surface area (Å²) in [5.41, 5.74) is 5.56. The minimum absolute atomic E-state index is 0.0566. The third kappa shape index (κ3) is 1.92. The van der Waals surface area contributed by atoms with Crippen LogP contribution in [0.3, 0.4) is 0 Å². The Morgan fingerprint density at radius 2 is 1.80 bits per heavy atom. The fourth-order valence-electron chi connectivity index (χ4n) is 4.57. The van der Waals surface area contributed by atoms with Crippen LogP contribution < -0.4 is 11.1 Å². The maximum absolute atomic E-state index is 12.8. The van der Waals surface area contributed by atoms with E-state index in [-0.39, 0.29) is 23.3 Å². The summed E-state index contributed by atoms with van der Waals surface area (Å²) in [5.74, 6) is 0.254. The van der Waals surface area contributed by atoms with Crippen molar-refractivity contribution in [3.63, 3.8) is 0 Å². The van der Waals surface area contributed by atoms with Crippen molar-refractivity contribution < 1.29 is 9.53 Å². The van der Waals surface area contributed by atoms with Crippen molar-refractivity contribution in [1.82, 2.24) is 5.32 Å². The van der Waals surface area contributed by atoms with E-state index in [0.717, 1.165) is 25.9 Å². The molecule has 3 aliphatic rings. The minimum Gasteiger partial charge on any atom is -0.377 e. The Labute approximate surface area is 121 Å². The van der Waals surface area contributed by atoms with E-state index in [2.05, 4.69) is 19.2 Å². The lowest BCUT2D eigenvalue weighted by molar-refractivity contribution is -0.176. The number of ether oxygens (including phenoxy) is 1. The van der Waals surface area contributed by atoms with Crippen molar-refractivity contribution in [2.24, 2.45) is 17.1 Å². The first-order chi connectivity index (χ1) is 9.48. The van der Waals surface area contributed by atoms with E-state index in [0.29, 0.717) is 6.04 Å². The van der Waals surface area contributed by atoms with Crippen molar-refractivity contribution in [3.8, 4) is 0 Å². The molecule has 20 heavy (non-hydrogen) atoms. The monoisotopic (exact) mass is 280 g/mol. The van der Waals surface area contributed by atoms with Gasteiger partial charge in [0, 0.05) is 24.0 Å². The second-order valence-electron chi connectivity index (χ2n) is 7.44. The maximum atomic E-state index is 12.8. The van der Waals surface area contributed by atoms with E-state index in [1.54, 1.807) is 0 Å². The summed E-state index contributed by atoms with van der Waals surface area (Å²) >= 11 is 0. The summed E-state index contributed by atoms with van der Waals surface area (Å²) in [7, 11) is 0. The SMILES string of the molecule is CC1(C)C2OCCC2C1(N)C(=O)NC1CCCCCC1. The van der Waals surface area contributed by atoms with Gasteiger partial charge in [-0.2, -0.15) is 0 Å². The summed E-state index contributed by atoms with van der Waals surface area (Å²) in [6.45, 7) is 4.90. The first kappa shape index (κ1) is 14.3. The van der Waals surface area contributed by atoms with Crippen LogP contribution in [-0.4, -0.2) is 30.2 Å². The highest BCUT2D eigenvalue weighted by atomic mass is 16.5. The van der Waals surface area contributed by atoms with E-state index in [4.69, 9.17) is 10.5 Å². The number of fused-ring (bicyclic) bond motifs is 1. The molecule has 2 saturated carbocycles. The third-order valence-corrected chi connectivity index (χ3v) is 6.02. The number of hydrogen-bond donors (Lipinski definition) is 2. The van der Waals surface area contributed by atoms with Gasteiger partial charge < -0.3 is 15.8 Å². The van der Waals surface area contributed by atoms with Crippen LogP contribution in [0.1, 0.15) is 58.8 Å². The molecule has 4 heteroatoms. The van der Waals surface area contributed by atoms with Gasteiger partial charge in [-0.3, -0.25) is 4.79 Å². The van der Waals surface area contributed by atoms with Crippen molar-refractivity contribution in [2.75, 3.05) is 6.61 Å². The molecule has 0 spiro atoms. The lowest BCUT2D eigenvalue weighted by atomic mass is 9.48. The number of carbonyl (C=O) groups excluding carboxylic acids is 1. The largest absolute Gasteiger partial charge is 0.377 e. The topological polar surface area (TPSA) is 64.3 Å². The number of hydrogen-bond acceptors (Lipinski definition) is 3. The Balaban J connectivity index is 1.69. The summed E-state index contributed by atoms with van der Waals surface area (Å²) in [4.78, 5) is 12.8. The highest BCUT2D eigenvalue weighted by Gasteiger charge is 2.71. The second-order valence-corrected chi connectivity index (χ2v) is 7.44. The van der Waals surface area contributed by atoms with Gasteiger partial charge in [0.1, 0.15) is 5.54 Å². The molecule has 3 atom stereocenters. The zero-order valence-corrected chi connectivity index (χ0v) is 12.8. The van der Waals surface area contributed by atoms with E-state index >= 15 is 0 Å². The molecule has 114 valence electrons. The Morgan fingerprint density at radius 1 is 1.15 bits per heavy atom. The normalized spacial score (nSPS) is 40.5. The highest BCUT2D eigenvalue weighted by Crippen LogP contribution is 2.58. The van der Waals surface area contributed by atoms with Crippen LogP contribution in [0.4, 0.5) is 0 Å². The molecule has 0 radical (unpaired) electrons. The fourth-order valence-corrected chi connectivity index (χ4v) is 4.57. The molecule has 0 aromatic carbocycles. The molecule has 0 aromatic heterocycles. The van der Waals surface area contributed by atoms with Crippen LogP contribution in [0.5, 0.6) is 0 Å². The van der Waals surface area contributed by atoms with Gasteiger partial charge in [-0.15, -0.1) is 0 Å². The first-order valence-electron chi connectivity index (χ1n) is 8.19. The number of nitrogens with two attached hydrogens (primary N) is 1. The predicted octanol–water partition coefficient (Wildman–Crippen LogP) is 1.97. The van der Waals surface area contributed by atoms with Crippen molar-refractivity contribution >= 4 is 5.91 Å². The van der Waals surface area contributed by atoms with Gasteiger partial charge in [0.2, 0.25) is 5.91 Å². The minimum atomic E-state index is -0.750. The van der Waals surface area contributed by atoms with Gasteiger partial charge in [-0.1, -0.05) is 39.5 Å². The Kier molecular flexibility index (Phi) is 3.57. The Morgan fingerprint density at radius 3 is 2.45 bits per heavy atom. The molecular formula is C16H28N2O2. The van der Waals surface area contributed by atoms with Crippen LogP contribution in [-0.2, 0) is 9.53 Å². The van der Waals surface area contributed by atoms with Crippen LogP contribution >= 0.6 is 0 Å². The molecule has 0 bridgehead atoms. The van der Waals surface area contributed by atoms with Gasteiger partial charge >= 0.3 is 0 Å². The summed E-state index contributed by atoms with van der Waals surface area (Å²) < 4.78 is 5.76. The van der Waals surface area contributed by atoms with Crippen molar-refractivity contribution in [1.29, 1.82) is 0 Å². The van der Waals surface area contributed by atoms with Gasteiger partial charge in [0.05, 0.1) is 6.10 Å². The lowest BCUT2D eigenvalue weighted by Gasteiger charge is -2.60. The molecule has 1 aliphatic heterocycles. The summed E-state index contributed by atoms with van der Waals surface area (Å²) in [5, 5.41) is 3.25. The predicted molar refractivity (Wildman–Crippen MR) is 78.2 cm³/mol. The molecule has 2 aliphatic carbocycles. The lowest BCUT2D eigenvalue weighted by Crippen LogP contribution is -2.80. The quantitative estimate of drug-likeness (QED) is 0.760. The van der Waals surface area contributed by atoms with Crippen LogP contribution in [0, 0.1) is 11.3 Å². The molecule has 0 aromatic rings. The molecule has 3 unspecified atom stereocenters. The second kappa shape index (κ2) is 4.99. The molecule has 1 saturated heterocycles. The van der Waals surface area contributed by atoms with Gasteiger partial charge in [-0.05, 0) is 19.3 Å². The van der Waals surface area contributed by atoms with Crippen molar-refractivity contribution in [3.05, 3.63) is 0 Å². The Hall–Kier alpha value is -0.610. The molecule has 3 N–H and O–H groups in total. The molecular weight excluding hydrogens is 252 g/mol. The zero-order chi connectivity index (χ0) is 14.4. The third-order valence-electron chi connectivity index (χ3n) is 6.02. The molecule has 3 rings (SSSR count). The van der Waals surface area contributed by atoms with Gasteiger partial charge in [-0.25, -0.2) is 0 Å². The number of carbonyl (C=O) groups is 1. The van der Waals surface area contributed by atoms with Crippen LogP contribution in [0.15, 0.2) is 0 Å². The van der Waals surface area contributed by atoms with E-state index in [1.807, 2.05) is 0 Å². The smallest absolute Gasteiger partial charge is 0.241 e. The average Bonchev–Trinajstić information content (AvgIpc) is 2.75. The van der Waals surface area contributed by atoms with Gasteiger partial charge in [0.25, 0.3) is 0 Å². The van der Waals surface area contributed by atoms with Crippen LogP contribution in [0.25, 0.3) is 0 Å². The highest BCUT2D eigenvalue weighted by molar-refractivity contribution is 5.89. The molecule has 1 heterocycles. The van der Waals surface area contributed by atoms with Crippen molar-refractivity contribution in [2.45, 2.75) is 76.5 Å². The summed E-state index contributed by atoms with van der Waals surface area (Å²) in [6.07, 6.45) is 8.33. The van der Waals surface area contributed by atoms with E-state index in [1.165, 1.54) is 25.7 Å². The summed E-state index contributed by atoms with van der Waals surface area (Å²) in [6, 6.07) is 0.322. The van der Waals surface area contributed by atoms with Crippen LogP contribution in [0.2, 0.25) is 0 Å². The standard InChI is InChI=1S/C16H28N2O2/c1-15(2)13-12(9-10-20-13)16(15,17)14(19)18-11-7-5-3-4-6-8-11/h11-13H,3-10,17H2,1-2H3,(H,18,19). The number of amides is 1. The average molecular weight is 280 g/mol.